The van der Waals surface area contributed by atoms with Gasteiger partial charge in [-0.3, -0.25) is 9.38 Å². The molecule has 4 heterocycles. The average molecular weight is 472 g/mol. The van der Waals surface area contributed by atoms with Crippen molar-refractivity contribution in [3.05, 3.63) is 59.9 Å². The molecule has 182 valence electrons. The highest BCUT2D eigenvalue weighted by Gasteiger charge is 2.39. The molecule has 1 aliphatic heterocycles. The lowest BCUT2D eigenvalue weighted by Gasteiger charge is -2.46. The molecule has 0 amide bonds. The fourth-order valence-electron chi connectivity index (χ4n) is 5.64. The van der Waals surface area contributed by atoms with Gasteiger partial charge in [0.2, 0.25) is 0 Å². The molecule has 0 unspecified atom stereocenters. The molecule has 8 heteroatoms. The number of nitrogens with one attached hydrogen (secondary N) is 1. The van der Waals surface area contributed by atoms with Gasteiger partial charge in [-0.15, -0.1) is 5.10 Å². The Kier molecular flexibility index (Phi) is 5.51. The van der Waals surface area contributed by atoms with Crippen molar-refractivity contribution in [1.29, 1.82) is 0 Å². The number of hydrogen-bond acceptors (Lipinski definition) is 6. The molecule has 0 aliphatic carbocycles. The molecule has 0 saturated carbocycles. The maximum absolute atomic E-state index is 10.9. The van der Waals surface area contributed by atoms with Crippen molar-refractivity contribution < 1.29 is 5.11 Å². The lowest BCUT2D eigenvalue weighted by molar-refractivity contribution is 0.124. The first kappa shape index (κ1) is 23.2. The normalized spacial score (nSPS) is 18.3. The first-order valence-electron chi connectivity index (χ1n) is 12.0. The number of allylic oxidation sites excluding steroid dienone is 1. The molecule has 2 N–H and O–H groups in total. The number of rotatable bonds is 4. The second-order valence-corrected chi connectivity index (χ2v) is 11.0. The molecular weight excluding hydrogens is 438 g/mol. The summed E-state index contributed by atoms with van der Waals surface area (Å²) in [6.45, 7) is 13.0. The van der Waals surface area contributed by atoms with Crippen LogP contribution in [0, 0.1) is 6.92 Å². The number of aromatic hydroxyl groups is 1. The zero-order valence-electron chi connectivity index (χ0n) is 21.2. The van der Waals surface area contributed by atoms with Crippen LogP contribution in [0.2, 0.25) is 0 Å². The van der Waals surface area contributed by atoms with E-state index in [0.29, 0.717) is 0 Å². The molecule has 0 spiro atoms. The summed E-state index contributed by atoms with van der Waals surface area (Å²) in [5.41, 5.74) is 6.17. The molecule has 1 aromatic carbocycles. The van der Waals surface area contributed by atoms with Crippen LogP contribution in [-0.2, 0) is 0 Å². The van der Waals surface area contributed by atoms with Gasteiger partial charge in [0, 0.05) is 34.6 Å². The zero-order chi connectivity index (χ0) is 25.0. The summed E-state index contributed by atoms with van der Waals surface area (Å²) in [4.78, 5) is 8.50. The van der Waals surface area contributed by atoms with Crippen LogP contribution in [-0.4, -0.2) is 45.5 Å². The third-order valence-electron chi connectivity index (χ3n) is 6.87. The van der Waals surface area contributed by atoms with Gasteiger partial charge in [-0.2, -0.15) is 0 Å². The van der Waals surface area contributed by atoms with Gasteiger partial charge in [0.25, 0.3) is 0 Å². The summed E-state index contributed by atoms with van der Waals surface area (Å²) in [6, 6.07) is 6.00. The van der Waals surface area contributed by atoms with Crippen LogP contribution >= 0.6 is 0 Å². The second-order valence-electron chi connectivity index (χ2n) is 11.0. The molecule has 0 atom stereocenters. The van der Waals surface area contributed by atoms with Gasteiger partial charge in [0.1, 0.15) is 11.4 Å². The van der Waals surface area contributed by atoms with Crippen molar-refractivity contribution >= 4 is 17.3 Å². The molecule has 1 saturated heterocycles. The first-order chi connectivity index (χ1) is 16.5. The van der Waals surface area contributed by atoms with Crippen molar-refractivity contribution in [3.8, 4) is 17.0 Å². The van der Waals surface area contributed by atoms with Gasteiger partial charge in [0.05, 0.1) is 29.8 Å². The fourth-order valence-corrected chi connectivity index (χ4v) is 5.64. The number of fused-ring (bicyclic) bond motifs is 1. The van der Waals surface area contributed by atoms with Crippen LogP contribution < -0.4 is 5.32 Å². The van der Waals surface area contributed by atoms with Crippen LogP contribution in [0.5, 0.6) is 5.75 Å². The molecule has 4 aromatic rings. The number of piperidine rings is 1. The molecule has 1 fully saturated rings. The topological polar surface area (TPSA) is 93.2 Å². The van der Waals surface area contributed by atoms with E-state index in [-0.39, 0.29) is 22.9 Å². The number of phenols is 1. The largest absolute Gasteiger partial charge is 0.507 e. The molecule has 5 rings (SSSR count). The van der Waals surface area contributed by atoms with Gasteiger partial charge in [-0.05, 0) is 72.1 Å². The highest BCUT2D eigenvalue weighted by atomic mass is 16.3. The fraction of sp³-hybridized carbons (Fsp3) is 0.407. The lowest BCUT2D eigenvalue weighted by Crippen LogP contribution is -2.58. The second kappa shape index (κ2) is 8.30. The summed E-state index contributed by atoms with van der Waals surface area (Å²) in [7, 11) is 0. The standard InChI is InChI=1S/C27H33N7O/c1-17(11-22-18(2)34(32-30-22)20-13-26(3,4)31-27(5,6)14-20)21-8-7-19(12-24(21)35)23-15-29-25-16-28-9-10-33(23)25/h7-12,15-16,20,31,35H,13-14H2,1-6H3/b17-11+. The number of aromatic nitrogens is 6. The maximum Gasteiger partial charge on any atom is 0.155 e. The Morgan fingerprint density at radius 3 is 2.60 bits per heavy atom. The van der Waals surface area contributed by atoms with E-state index in [0.717, 1.165) is 52.3 Å². The van der Waals surface area contributed by atoms with Crippen LogP contribution in [0.25, 0.3) is 28.6 Å². The van der Waals surface area contributed by atoms with Crippen molar-refractivity contribution in [3.63, 3.8) is 0 Å². The van der Waals surface area contributed by atoms with Gasteiger partial charge in [-0.25, -0.2) is 9.67 Å². The third-order valence-corrected chi connectivity index (χ3v) is 6.87. The first-order valence-corrected chi connectivity index (χ1v) is 12.0. The Labute approximate surface area is 205 Å². The average Bonchev–Trinajstić information content (AvgIpc) is 3.35. The number of nitrogens with zero attached hydrogens (tertiary/aromatic N) is 6. The molecule has 1 aliphatic rings. The summed E-state index contributed by atoms with van der Waals surface area (Å²) in [5.74, 6) is 0.215. The van der Waals surface area contributed by atoms with E-state index >= 15 is 0 Å². The van der Waals surface area contributed by atoms with E-state index in [4.69, 9.17) is 0 Å². The van der Waals surface area contributed by atoms with Crippen LogP contribution in [0.1, 0.15) is 70.5 Å². The SMILES string of the molecule is C/C(=C\c1nnn(C2CC(C)(C)NC(C)(C)C2)c1C)c1ccc(-c2cnc3cnccn23)cc1O. The Hall–Kier alpha value is -3.52. The summed E-state index contributed by atoms with van der Waals surface area (Å²) < 4.78 is 4.03. The lowest BCUT2D eigenvalue weighted by atomic mass is 9.79. The van der Waals surface area contributed by atoms with Gasteiger partial charge in [-0.1, -0.05) is 17.3 Å². The van der Waals surface area contributed by atoms with E-state index in [1.54, 1.807) is 24.7 Å². The van der Waals surface area contributed by atoms with Gasteiger partial charge in [0.15, 0.2) is 5.65 Å². The number of phenolic OH excluding ortho intramolecular Hbond substituents is 1. The smallest absolute Gasteiger partial charge is 0.155 e. The molecule has 0 radical (unpaired) electrons. The summed E-state index contributed by atoms with van der Waals surface area (Å²) in [6.07, 6.45) is 11.1. The predicted octanol–water partition coefficient (Wildman–Crippen LogP) is 5.04. The molecule has 35 heavy (non-hydrogen) atoms. The molecule has 0 bridgehead atoms. The van der Waals surface area contributed by atoms with Crippen molar-refractivity contribution in [1.82, 2.24) is 34.7 Å². The Balaban J connectivity index is 1.43. The van der Waals surface area contributed by atoms with E-state index in [1.165, 1.54) is 0 Å². The molecule has 8 nitrogen and oxygen atoms in total. The van der Waals surface area contributed by atoms with Crippen molar-refractivity contribution in [2.45, 2.75) is 71.5 Å². The quantitative estimate of drug-likeness (QED) is 0.433. The minimum Gasteiger partial charge on any atom is -0.507 e. The van der Waals surface area contributed by atoms with Crippen molar-refractivity contribution in [2.75, 3.05) is 0 Å². The Morgan fingerprint density at radius 1 is 1.14 bits per heavy atom. The Morgan fingerprint density at radius 2 is 1.89 bits per heavy atom. The minimum absolute atomic E-state index is 0.0294. The molecule has 3 aromatic heterocycles. The predicted molar refractivity (Wildman–Crippen MR) is 138 cm³/mol. The van der Waals surface area contributed by atoms with Gasteiger partial charge < -0.3 is 10.4 Å². The maximum atomic E-state index is 10.9. The highest BCUT2D eigenvalue weighted by molar-refractivity contribution is 5.83. The minimum atomic E-state index is 0.0294. The van der Waals surface area contributed by atoms with Crippen LogP contribution in [0.3, 0.4) is 0 Å². The number of benzene rings is 1. The molecular formula is C27H33N7O. The summed E-state index contributed by atoms with van der Waals surface area (Å²) in [5, 5.41) is 23.6. The van der Waals surface area contributed by atoms with Crippen LogP contribution in [0.4, 0.5) is 0 Å². The van der Waals surface area contributed by atoms with E-state index < -0.39 is 0 Å². The van der Waals surface area contributed by atoms with E-state index in [1.807, 2.05) is 35.7 Å². The van der Waals surface area contributed by atoms with Crippen molar-refractivity contribution in [2.24, 2.45) is 0 Å². The zero-order valence-corrected chi connectivity index (χ0v) is 21.2. The van der Waals surface area contributed by atoms with E-state index in [2.05, 4.69) is 64.9 Å². The third kappa shape index (κ3) is 4.46. The number of imidazole rings is 1. The monoisotopic (exact) mass is 471 g/mol. The summed E-state index contributed by atoms with van der Waals surface area (Å²) >= 11 is 0. The highest BCUT2D eigenvalue weighted by Crippen LogP contribution is 2.37. The Bertz CT molecular complexity index is 1410. The number of hydrogen-bond donors (Lipinski definition) is 2. The van der Waals surface area contributed by atoms with Gasteiger partial charge >= 0.3 is 0 Å². The van der Waals surface area contributed by atoms with E-state index in [9.17, 15) is 5.11 Å². The van der Waals surface area contributed by atoms with Crippen LogP contribution in [0.15, 0.2) is 43.0 Å².